The Labute approximate surface area is 118 Å². The van der Waals surface area contributed by atoms with Crippen molar-refractivity contribution in [1.82, 2.24) is 10.2 Å². The predicted octanol–water partition coefficient (Wildman–Crippen LogP) is -0.229. The van der Waals surface area contributed by atoms with Crippen LogP contribution in [0.4, 0.5) is 4.39 Å². The van der Waals surface area contributed by atoms with Gasteiger partial charge in [0.05, 0.1) is 19.8 Å². The lowest BCUT2D eigenvalue weighted by molar-refractivity contribution is -0.122. The summed E-state index contributed by atoms with van der Waals surface area (Å²) >= 11 is 0. The molecule has 0 fully saturated rings. The molecule has 1 aromatic rings. The van der Waals surface area contributed by atoms with Crippen LogP contribution < -0.4 is 5.32 Å². The Morgan fingerprint density at radius 2 is 1.75 bits per heavy atom. The van der Waals surface area contributed by atoms with Crippen LogP contribution in [0.5, 0.6) is 0 Å². The molecule has 1 aromatic carbocycles. The van der Waals surface area contributed by atoms with E-state index in [9.17, 15) is 9.18 Å². The van der Waals surface area contributed by atoms with Crippen molar-refractivity contribution in [3.8, 4) is 0 Å². The number of benzene rings is 1. The first-order chi connectivity index (χ1) is 9.65. The Kier molecular flexibility index (Phi) is 7.79. The summed E-state index contributed by atoms with van der Waals surface area (Å²) in [7, 11) is 0. The average Bonchev–Trinajstić information content (AvgIpc) is 2.41. The van der Waals surface area contributed by atoms with Gasteiger partial charge >= 0.3 is 0 Å². The summed E-state index contributed by atoms with van der Waals surface area (Å²) in [6.07, 6.45) is 0.631. The molecular formula is C14H21FN2O3. The number of hydrogen-bond acceptors (Lipinski definition) is 4. The molecule has 0 bridgehead atoms. The normalized spacial score (nSPS) is 10.8. The number of aliphatic hydroxyl groups is 2. The standard InChI is InChI=1S/C14H21FN2O3/c15-13-3-1-12(2-4-13)5-6-16-14(20)11-17(7-9-18)8-10-19/h1-4,18-19H,5-11H2,(H,16,20). The van der Waals surface area contributed by atoms with E-state index in [4.69, 9.17) is 10.2 Å². The fourth-order valence-electron chi connectivity index (χ4n) is 1.81. The molecule has 0 unspecified atom stereocenters. The van der Waals surface area contributed by atoms with Gasteiger partial charge in [0.25, 0.3) is 0 Å². The van der Waals surface area contributed by atoms with Gasteiger partial charge in [0.1, 0.15) is 5.82 Å². The van der Waals surface area contributed by atoms with Crippen LogP contribution in [0, 0.1) is 5.82 Å². The van der Waals surface area contributed by atoms with Crippen molar-refractivity contribution < 1.29 is 19.4 Å². The van der Waals surface area contributed by atoms with Crippen LogP contribution in [0.1, 0.15) is 5.56 Å². The molecule has 0 aromatic heterocycles. The number of rotatable bonds is 9. The van der Waals surface area contributed by atoms with E-state index in [0.29, 0.717) is 26.1 Å². The summed E-state index contributed by atoms with van der Waals surface area (Å²) in [5.41, 5.74) is 0.953. The number of nitrogens with one attached hydrogen (secondary N) is 1. The largest absolute Gasteiger partial charge is 0.395 e. The first kappa shape index (κ1) is 16.6. The van der Waals surface area contributed by atoms with Gasteiger partial charge in [-0.2, -0.15) is 0 Å². The molecule has 0 aliphatic heterocycles. The van der Waals surface area contributed by atoms with Gasteiger partial charge in [-0.1, -0.05) is 12.1 Å². The van der Waals surface area contributed by atoms with Crippen LogP contribution >= 0.6 is 0 Å². The van der Waals surface area contributed by atoms with Gasteiger partial charge in [0.15, 0.2) is 0 Å². The highest BCUT2D eigenvalue weighted by molar-refractivity contribution is 5.78. The van der Waals surface area contributed by atoms with Gasteiger partial charge < -0.3 is 15.5 Å². The molecule has 1 rings (SSSR count). The molecule has 20 heavy (non-hydrogen) atoms. The summed E-state index contributed by atoms with van der Waals surface area (Å²) in [5, 5.41) is 20.4. The van der Waals surface area contributed by atoms with E-state index in [2.05, 4.69) is 5.32 Å². The number of carbonyl (C=O) groups is 1. The lowest BCUT2D eigenvalue weighted by atomic mass is 10.1. The zero-order valence-corrected chi connectivity index (χ0v) is 11.4. The second-order valence-electron chi connectivity index (χ2n) is 4.45. The van der Waals surface area contributed by atoms with E-state index in [1.807, 2.05) is 0 Å². The number of carbonyl (C=O) groups excluding carboxylic acids is 1. The predicted molar refractivity (Wildman–Crippen MR) is 73.7 cm³/mol. The fraction of sp³-hybridized carbons (Fsp3) is 0.500. The van der Waals surface area contributed by atoms with Crippen molar-refractivity contribution in [2.24, 2.45) is 0 Å². The Morgan fingerprint density at radius 1 is 1.15 bits per heavy atom. The zero-order valence-electron chi connectivity index (χ0n) is 11.4. The maximum Gasteiger partial charge on any atom is 0.234 e. The fourth-order valence-corrected chi connectivity index (χ4v) is 1.81. The topological polar surface area (TPSA) is 72.8 Å². The van der Waals surface area contributed by atoms with Crippen LogP contribution in [-0.4, -0.2) is 60.4 Å². The Bertz CT molecular complexity index is 392. The minimum atomic E-state index is -0.276. The maximum atomic E-state index is 12.7. The highest BCUT2D eigenvalue weighted by atomic mass is 19.1. The summed E-state index contributed by atoms with van der Waals surface area (Å²) in [6, 6.07) is 6.15. The van der Waals surface area contributed by atoms with Crippen LogP contribution in [0.25, 0.3) is 0 Å². The quantitative estimate of drug-likeness (QED) is 0.586. The van der Waals surface area contributed by atoms with Gasteiger partial charge in [0.2, 0.25) is 5.91 Å². The van der Waals surface area contributed by atoms with Crippen molar-refractivity contribution in [3.63, 3.8) is 0 Å². The van der Waals surface area contributed by atoms with E-state index in [1.54, 1.807) is 17.0 Å². The van der Waals surface area contributed by atoms with Crippen LogP contribution in [-0.2, 0) is 11.2 Å². The molecule has 3 N–H and O–H groups in total. The Balaban J connectivity index is 2.26. The molecule has 0 atom stereocenters. The van der Waals surface area contributed by atoms with E-state index in [-0.39, 0.29) is 31.5 Å². The van der Waals surface area contributed by atoms with Gasteiger partial charge in [-0.05, 0) is 24.1 Å². The molecule has 0 heterocycles. The molecule has 0 aliphatic rings. The molecule has 0 aliphatic carbocycles. The molecular weight excluding hydrogens is 263 g/mol. The smallest absolute Gasteiger partial charge is 0.234 e. The Hall–Kier alpha value is -1.50. The summed E-state index contributed by atoms with van der Waals surface area (Å²) < 4.78 is 12.7. The third-order valence-corrected chi connectivity index (χ3v) is 2.85. The Morgan fingerprint density at radius 3 is 2.30 bits per heavy atom. The van der Waals surface area contributed by atoms with Gasteiger partial charge in [-0.25, -0.2) is 4.39 Å². The second kappa shape index (κ2) is 9.41. The van der Waals surface area contributed by atoms with E-state index < -0.39 is 0 Å². The van der Waals surface area contributed by atoms with Crippen molar-refractivity contribution in [2.45, 2.75) is 6.42 Å². The molecule has 0 spiro atoms. The molecule has 5 nitrogen and oxygen atoms in total. The summed E-state index contributed by atoms with van der Waals surface area (Å²) in [6.45, 7) is 1.21. The van der Waals surface area contributed by atoms with E-state index in [0.717, 1.165) is 5.56 Å². The van der Waals surface area contributed by atoms with Crippen molar-refractivity contribution in [2.75, 3.05) is 39.4 Å². The molecule has 0 saturated carbocycles. The van der Waals surface area contributed by atoms with Crippen LogP contribution in [0.2, 0.25) is 0 Å². The van der Waals surface area contributed by atoms with Crippen LogP contribution in [0.15, 0.2) is 24.3 Å². The SMILES string of the molecule is O=C(CN(CCO)CCO)NCCc1ccc(F)cc1. The highest BCUT2D eigenvalue weighted by Gasteiger charge is 2.09. The first-order valence-corrected chi connectivity index (χ1v) is 6.61. The molecule has 112 valence electrons. The number of hydrogen-bond donors (Lipinski definition) is 3. The minimum Gasteiger partial charge on any atom is -0.395 e. The van der Waals surface area contributed by atoms with Crippen molar-refractivity contribution in [3.05, 3.63) is 35.6 Å². The third-order valence-electron chi connectivity index (χ3n) is 2.85. The summed E-state index contributed by atoms with van der Waals surface area (Å²) in [5.74, 6) is -0.435. The van der Waals surface area contributed by atoms with Gasteiger partial charge in [-0.15, -0.1) is 0 Å². The zero-order chi connectivity index (χ0) is 14.8. The third kappa shape index (κ3) is 6.60. The number of amides is 1. The molecule has 0 radical (unpaired) electrons. The summed E-state index contributed by atoms with van der Waals surface area (Å²) in [4.78, 5) is 13.3. The maximum absolute atomic E-state index is 12.7. The van der Waals surface area contributed by atoms with Gasteiger partial charge in [0, 0.05) is 19.6 Å². The molecule has 1 amide bonds. The molecule has 6 heteroatoms. The van der Waals surface area contributed by atoms with E-state index in [1.165, 1.54) is 12.1 Å². The van der Waals surface area contributed by atoms with Gasteiger partial charge in [-0.3, -0.25) is 9.69 Å². The van der Waals surface area contributed by atoms with E-state index >= 15 is 0 Å². The lowest BCUT2D eigenvalue weighted by Crippen LogP contribution is -2.40. The average molecular weight is 284 g/mol. The second-order valence-corrected chi connectivity index (χ2v) is 4.45. The van der Waals surface area contributed by atoms with Crippen molar-refractivity contribution >= 4 is 5.91 Å². The number of aliphatic hydroxyl groups excluding tert-OH is 2. The minimum absolute atomic E-state index is 0.0527. The lowest BCUT2D eigenvalue weighted by Gasteiger charge is -2.19. The van der Waals surface area contributed by atoms with Crippen molar-refractivity contribution in [1.29, 1.82) is 0 Å². The van der Waals surface area contributed by atoms with Crippen LogP contribution in [0.3, 0.4) is 0 Å². The molecule has 0 saturated heterocycles. The highest BCUT2D eigenvalue weighted by Crippen LogP contribution is 2.02. The monoisotopic (exact) mass is 284 g/mol. The first-order valence-electron chi connectivity index (χ1n) is 6.61. The number of halogens is 1. The number of nitrogens with zero attached hydrogens (tertiary/aromatic N) is 1.